The number of sulfone groups is 1. The van der Waals surface area contributed by atoms with E-state index in [1.165, 1.54) is 18.9 Å². The van der Waals surface area contributed by atoms with Crippen LogP contribution in [0, 0.1) is 5.92 Å². The molecule has 1 saturated carbocycles. The fraction of sp³-hybridized carbons (Fsp3) is 0.588. The molecule has 23 heavy (non-hydrogen) atoms. The Balaban J connectivity index is 1.61. The maximum Gasteiger partial charge on any atom is 0.251 e. The summed E-state index contributed by atoms with van der Waals surface area (Å²) in [7, 11) is -3.29. The summed E-state index contributed by atoms with van der Waals surface area (Å²) < 4.78 is 23.9. The SMILES string of the molecule is CCS(=O)(=O)c1cccc(C(=O)NC2CCN(CC3CC3)C2)c1. The van der Waals surface area contributed by atoms with Gasteiger partial charge in [0, 0.05) is 31.2 Å². The first-order chi connectivity index (χ1) is 11.0. The van der Waals surface area contributed by atoms with Crippen LogP contribution in [0.25, 0.3) is 0 Å². The number of carbonyl (C=O) groups is 1. The van der Waals surface area contributed by atoms with Gasteiger partial charge in [0.05, 0.1) is 10.6 Å². The van der Waals surface area contributed by atoms with Gasteiger partial charge in [-0.15, -0.1) is 0 Å². The molecule has 1 aromatic carbocycles. The highest BCUT2D eigenvalue weighted by Gasteiger charge is 2.30. The molecule has 0 spiro atoms. The van der Waals surface area contributed by atoms with Gasteiger partial charge in [-0.3, -0.25) is 4.79 Å². The second kappa shape index (κ2) is 6.61. The highest BCUT2D eigenvalue weighted by atomic mass is 32.2. The fourth-order valence-electron chi connectivity index (χ4n) is 3.05. The van der Waals surface area contributed by atoms with Gasteiger partial charge < -0.3 is 10.2 Å². The molecule has 0 radical (unpaired) electrons. The van der Waals surface area contributed by atoms with Crippen molar-refractivity contribution in [1.29, 1.82) is 0 Å². The Labute approximate surface area is 138 Å². The van der Waals surface area contributed by atoms with Crippen LogP contribution < -0.4 is 5.32 Å². The van der Waals surface area contributed by atoms with Crippen LogP contribution in [0.3, 0.4) is 0 Å². The number of nitrogens with zero attached hydrogens (tertiary/aromatic N) is 1. The third-order valence-corrected chi connectivity index (χ3v) is 6.39. The van der Waals surface area contributed by atoms with Gasteiger partial charge >= 0.3 is 0 Å². The molecular formula is C17H24N2O3S. The van der Waals surface area contributed by atoms with E-state index in [0.717, 1.165) is 32.0 Å². The molecule has 6 heteroatoms. The summed E-state index contributed by atoms with van der Waals surface area (Å²) in [5.41, 5.74) is 0.417. The Morgan fingerprint density at radius 1 is 1.30 bits per heavy atom. The number of nitrogens with one attached hydrogen (secondary N) is 1. The van der Waals surface area contributed by atoms with Gasteiger partial charge in [0.2, 0.25) is 0 Å². The molecule has 0 bridgehead atoms. The predicted octanol–water partition coefficient (Wildman–Crippen LogP) is 1.69. The zero-order valence-electron chi connectivity index (χ0n) is 13.5. The summed E-state index contributed by atoms with van der Waals surface area (Å²) >= 11 is 0. The van der Waals surface area contributed by atoms with Crippen LogP contribution in [0.4, 0.5) is 0 Å². The van der Waals surface area contributed by atoms with Crippen molar-refractivity contribution in [3.63, 3.8) is 0 Å². The third kappa shape index (κ3) is 4.12. The minimum atomic E-state index is -3.29. The van der Waals surface area contributed by atoms with Gasteiger partial charge in [-0.25, -0.2) is 8.42 Å². The molecule has 3 rings (SSSR count). The average molecular weight is 336 g/mol. The quantitative estimate of drug-likeness (QED) is 0.858. The van der Waals surface area contributed by atoms with Crippen molar-refractivity contribution in [1.82, 2.24) is 10.2 Å². The molecular weight excluding hydrogens is 312 g/mol. The molecule has 1 N–H and O–H groups in total. The Morgan fingerprint density at radius 2 is 2.09 bits per heavy atom. The molecule has 1 unspecified atom stereocenters. The Morgan fingerprint density at radius 3 is 2.78 bits per heavy atom. The van der Waals surface area contributed by atoms with Gasteiger partial charge in [-0.2, -0.15) is 0 Å². The minimum absolute atomic E-state index is 0.0385. The van der Waals surface area contributed by atoms with E-state index in [2.05, 4.69) is 10.2 Å². The van der Waals surface area contributed by atoms with Gasteiger partial charge in [0.15, 0.2) is 9.84 Å². The number of benzene rings is 1. The minimum Gasteiger partial charge on any atom is -0.348 e. The van der Waals surface area contributed by atoms with Crippen LogP contribution in [0.2, 0.25) is 0 Å². The number of hydrogen-bond acceptors (Lipinski definition) is 4. The lowest BCUT2D eigenvalue weighted by Gasteiger charge is -2.16. The molecule has 5 nitrogen and oxygen atoms in total. The van der Waals surface area contributed by atoms with E-state index in [9.17, 15) is 13.2 Å². The number of carbonyl (C=O) groups excluding carboxylic acids is 1. The number of hydrogen-bond donors (Lipinski definition) is 1. The lowest BCUT2D eigenvalue weighted by atomic mass is 10.2. The summed E-state index contributed by atoms with van der Waals surface area (Å²) in [6.45, 7) is 4.69. The summed E-state index contributed by atoms with van der Waals surface area (Å²) in [6, 6.07) is 6.48. The summed E-state index contributed by atoms with van der Waals surface area (Å²) in [6.07, 6.45) is 3.64. The summed E-state index contributed by atoms with van der Waals surface area (Å²) in [5, 5.41) is 3.04. The molecule has 126 valence electrons. The first-order valence-electron chi connectivity index (χ1n) is 8.34. The van der Waals surface area contributed by atoms with Gasteiger partial charge in [-0.05, 0) is 43.4 Å². The molecule has 1 atom stereocenters. The van der Waals surface area contributed by atoms with E-state index in [-0.39, 0.29) is 22.6 Å². The molecule has 0 aromatic heterocycles. The van der Waals surface area contributed by atoms with Crippen LogP contribution in [-0.2, 0) is 9.84 Å². The van der Waals surface area contributed by atoms with Gasteiger partial charge in [-0.1, -0.05) is 13.0 Å². The van der Waals surface area contributed by atoms with Crippen LogP contribution in [0.15, 0.2) is 29.2 Å². The van der Waals surface area contributed by atoms with Crippen molar-refractivity contribution in [2.45, 2.75) is 37.1 Å². The van der Waals surface area contributed by atoms with Crippen molar-refractivity contribution in [3.8, 4) is 0 Å². The van der Waals surface area contributed by atoms with Gasteiger partial charge in [0.25, 0.3) is 5.91 Å². The highest BCUT2D eigenvalue weighted by molar-refractivity contribution is 7.91. The van der Waals surface area contributed by atoms with E-state index in [1.54, 1.807) is 25.1 Å². The standard InChI is InChI=1S/C17H24N2O3S/c1-2-23(21,22)16-5-3-4-14(10-16)17(20)18-15-8-9-19(12-15)11-13-6-7-13/h3-5,10,13,15H,2,6-9,11-12H2,1H3,(H,18,20). The zero-order valence-corrected chi connectivity index (χ0v) is 14.3. The van der Waals surface area contributed by atoms with Crippen molar-refractivity contribution in [3.05, 3.63) is 29.8 Å². The molecule has 1 amide bonds. The molecule has 2 fully saturated rings. The molecule has 2 aliphatic rings. The molecule has 1 aliphatic heterocycles. The first-order valence-corrected chi connectivity index (χ1v) is 9.99. The average Bonchev–Trinajstić information content (AvgIpc) is 3.26. The predicted molar refractivity (Wildman–Crippen MR) is 89.2 cm³/mol. The van der Waals surface area contributed by atoms with E-state index in [4.69, 9.17) is 0 Å². The lowest BCUT2D eigenvalue weighted by Crippen LogP contribution is -2.37. The normalized spacial score (nSPS) is 22.2. The lowest BCUT2D eigenvalue weighted by molar-refractivity contribution is 0.0937. The molecule has 1 aliphatic carbocycles. The molecule has 1 saturated heterocycles. The van der Waals surface area contributed by atoms with Crippen molar-refractivity contribution < 1.29 is 13.2 Å². The number of amides is 1. The molecule has 1 aromatic rings. The van der Waals surface area contributed by atoms with E-state index in [0.29, 0.717) is 5.56 Å². The van der Waals surface area contributed by atoms with Crippen molar-refractivity contribution in [2.24, 2.45) is 5.92 Å². The smallest absolute Gasteiger partial charge is 0.251 e. The number of rotatable bonds is 6. The van der Waals surface area contributed by atoms with Crippen LogP contribution in [0.5, 0.6) is 0 Å². The van der Waals surface area contributed by atoms with Crippen LogP contribution in [-0.4, -0.2) is 50.7 Å². The topological polar surface area (TPSA) is 66.5 Å². The third-order valence-electron chi connectivity index (χ3n) is 4.66. The first kappa shape index (κ1) is 16.5. The Bertz CT molecular complexity index is 683. The van der Waals surface area contributed by atoms with E-state index >= 15 is 0 Å². The zero-order chi connectivity index (χ0) is 16.4. The summed E-state index contributed by atoms with van der Waals surface area (Å²) in [4.78, 5) is 15.0. The van der Waals surface area contributed by atoms with Gasteiger partial charge in [0.1, 0.15) is 0 Å². The largest absolute Gasteiger partial charge is 0.348 e. The number of likely N-dealkylation sites (tertiary alicyclic amines) is 1. The fourth-order valence-corrected chi connectivity index (χ4v) is 3.97. The van der Waals surface area contributed by atoms with E-state index in [1.807, 2.05) is 0 Å². The van der Waals surface area contributed by atoms with Crippen molar-refractivity contribution >= 4 is 15.7 Å². The Kier molecular flexibility index (Phi) is 4.73. The maximum absolute atomic E-state index is 12.4. The van der Waals surface area contributed by atoms with Crippen molar-refractivity contribution in [2.75, 3.05) is 25.4 Å². The highest BCUT2D eigenvalue weighted by Crippen LogP contribution is 2.30. The molecule has 1 heterocycles. The second-order valence-corrected chi connectivity index (χ2v) is 8.87. The van der Waals surface area contributed by atoms with Crippen LogP contribution in [0.1, 0.15) is 36.5 Å². The maximum atomic E-state index is 12.4. The van der Waals surface area contributed by atoms with Crippen LogP contribution >= 0.6 is 0 Å². The monoisotopic (exact) mass is 336 g/mol. The Hall–Kier alpha value is -1.40. The second-order valence-electron chi connectivity index (χ2n) is 6.59. The van der Waals surface area contributed by atoms with E-state index < -0.39 is 9.84 Å². The summed E-state index contributed by atoms with van der Waals surface area (Å²) in [5.74, 6) is 0.716.